The van der Waals surface area contributed by atoms with E-state index in [2.05, 4.69) is 15.5 Å². The molecule has 3 N–H and O–H groups in total. The van der Waals surface area contributed by atoms with Crippen molar-refractivity contribution in [1.29, 1.82) is 0 Å². The Bertz CT molecular complexity index is 1030. The number of nitrogens with zero attached hydrogens (tertiary/aromatic N) is 3. The van der Waals surface area contributed by atoms with Crippen molar-refractivity contribution in [3.05, 3.63) is 76.2 Å². The first-order valence-corrected chi connectivity index (χ1v) is 9.93. The summed E-state index contributed by atoms with van der Waals surface area (Å²) >= 11 is 6.35. The van der Waals surface area contributed by atoms with E-state index < -0.39 is 16.2 Å². The first-order valence-electron chi connectivity index (χ1n) is 8.73. The Hall–Kier alpha value is -3.18. The minimum Gasteiger partial charge on any atom is -0.465 e. The standard InChI is InChI=1S/C19H17ClF3N5O2S/c1-12-10-13(6-5-9-29-11-30-12)17(24)26-28(14-7-3-2-4-8-14)27-18-25-15(16(20)31-18)19(21,22)23/h2-10H,11H2,1H3,(H2,24,26)(H,25,27)/b9-5+,12-10+,13-6+. The summed E-state index contributed by atoms with van der Waals surface area (Å²) < 4.78 is 49.1. The van der Waals surface area contributed by atoms with Crippen LogP contribution in [-0.4, -0.2) is 17.6 Å². The number of hydrazine groups is 1. The lowest BCUT2D eigenvalue weighted by atomic mass is 10.2. The molecule has 0 saturated heterocycles. The lowest BCUT2D eigenvalue weighted by molar-refractivity contribution is -0.140. The first-order chi connectivity index (χ1) is 14.7. The molecule has 1 aromatic heterocycles. The van der Waals surface area contributed by atoms with Crippen molar-refractivity contribution in [3.8, 4) is 0 Å². The highest BCUT2D eigenvalue weighted by atomic mass is 35.5. The van der Waals surface area contributed by atoms with Gasteiger partial charge in [-0.15, -0.1) is 5.10 Å². The summed E-state index contributed by atoms with van der Waals surface area (Å²) in [6, 6.07) is 8.65. The predicted octanol–water partition coefficient (Wildman–Crippen LogP) is 5.27. The normalized spacial score (nSPS) is 19.3. The zero-order valence-corrected chi connectivity index (χ0v) is 17.6. The maximum atomic E-state index is 13.0. The number of benzene rings is 1. The average Bonchev–Trinajstić information content (AvgIpc) is 3.14. The molecule has 0 bridgehead atoms. The van der Waals surface area contributed by atoms with Crippen molar-refractivity contribution >= 4 is 39.6 Å². The van der Waals surface area contributed by atoms with Gasteiger partial charge in [0.2, 0.25) is 11.9 Å². The van der Waals surface area contributed by atoms with Crippen LogP contribution in [0.5, 0.6) is 0 Å². The molecule has 1 aliphatic heterocycles. The van der Waals surface area contributed by atoms with Crippen molar-refractivity contribution in [3.63, 3.8) is 0 Å². The molecule has 1 aliphatic rings. The molecule has 2 aromatic rings. The number of rotatable bonds is 5. The van der Waals surface area contributed by atoms with Crippen molar-refractivity contribution in [2.75, 3.05) is 17.3 Å². The number of halogens is 4. The van der Waals surface area contributed by atoms with Gasteiger partial charge in [-0.1, -0.05) is 41.1 Å². The summed E-state index contributed by atoms with van der Waals surface area (Å²) in [6.45, 7) is 1.76. The Balaban J connectivity index is 1.96. The van der Waals surface area contributed by atoms with Crippen LogP contribution in [0.25, 0.3) is 0 Å². The van der Waals surface area contributed by atoms with E-state index in [0.29, 0.717) is 28.4 Å². The van der Waals surface area contributed by atoms with Crippen LogP contribution in [0.3, 0.4) is 0 Å². The van der Waals surface area contributed by atoms with Crippen LogP contribution in [0.2, 0.25) is 4.34 Å². The molecular formula is C19H17ClF3N5O2S. The second kappa shape index (κ2) is 9.75. The van der Waals surface area contributed by atoms with E-state index in [1.807, 2.05) is 0 Å². The Labute approximate surface area is 184 Å². The number of nitrogens with two attached hydrogens (primary N) is 1. The molecule has 0 saturated carbocycles. The van der Waals surface area contributed by atoms with E-state index in [1.54, 1.807) is 55.5 Å². The van der Waals surface area contributed by atoms with Crippen LogP contribution in [0.4, 0.5) is 24.0 Å². The molecule has 31 heavy (non-hydrogen) atoms. The monoisotopic (exact) mass is 471 g/mol. The molecule has 2 heterocycles. The summed E-state index contributed by atoms with van der Waals surface area (Å²) in [5.74, 6) is 0.596. The smallest absolute Gasteiger partial charge is 0.435 e. The van der Waals surface area contributed by atoms with Crippen LogP contribution in [0.15, 0.2) is 71.3 Å². The van der Waals surface area contributed by atoms with Crippen LogP contribution in [0.1, 0.15) is 12.6 Å². The number of aromatic nitrogens is 1. The van der Waals surface area contributed by atoms with Gasteiger partial charge in [-0.25, -0.2) is 4.98 Å². The second-order valence-electron chi connectivity index (χ2n) is 6.02. The van der Waals surface area contributed by atoms with Crippen molar-refractivity contribution in [2.24, 2.45) is 10.8 Å². The fourth-order valence-electron chi connectivity index (χ4n) is 2.33. The fraction of sp³-hybridized carbons (Fsp3) is 0.158. The van der Waals surface area contributed by atoms with Gasteiger partial charge in [0.1, 0.15) is 4.34 Å². The van der Waals surface area contributed by atoms with E-state index in [-0.39, 0.29) is 17.8 Å². The zero-order valence-electron chi connectivity index (χ0n) is 16.1. The highest BCUT2D eigenvalue weighted by Gasteiger charge is 2.37. The SMILES string of the molecule is C\C1=C/C(C(/N)=N/N(Nc2nc(C(F)(F)F)c(Cl)s2)c2ccccc2)=C\C=C\OCO1. The molecule has 0 spiro atoms. The minimum atomic E-state index is -4.67. The minimum absolute atomic E-state index is 0.0427. The molecule has 7 nitrogen and oxygen atoms in total. The summed E-state index contributed by atoms with van der Waals surface area (Å²) in [7, 11) is 0. The van der Waals surface area contributed by atoms with E-state index in [0.717, 1.165) is 0 Å². The number of alkyl halides is 3. The number of ether oxygens (including phenoxy) is 2. The van der Waals surface area contributed by atoms with E-state index >= 15 is 0 Å². The number of hydrogen-bond donors (Lipinski definition) is 2. The Morgan fingerprint density at radius 3 is 2.74 bits per heavy atom. The number of hydrazone groups is 1. The third-order valence-electron chi connectivity index (χ3n) is 3.72. The third kappa shape index (κ3) is 6.15. The average molecular weight is 472 g/mol. The summed E-state index contributed by atoms with van der Waals surface area (Å²) in [4.78, 5) is 3.54. The van der Waals surface area contributed by atoms with Crippen LogP contribution in [-0.2, 0) is 15.7 Å². The Morgan fingerprint density at radius 2 is 2.06 bits per heavy atom. The van der Waals surface area contributed by atoms with Crippen molar-refractivity contribution < 1.29 is 22.6 Å². The molecule has 164 valence electrons. The van der Waals surface area contributed by atoms with Gasteiger partial charge in [-0.3, -0.25) is 5.43 Å². The van der Waals surface area contributed by atoms with Gasteiger partial charge in [0.15, 0.2) is 11.5 Å². The van der Waals surface area contributed by atoms with Gasteiger partial charge in [0.05, 0.1) is 17.7 Å². The number of allylic oxidation sites excluding steroid dienone is 3. The number of anilines is 2. The van der Waals surface area contributed by atoms with Crippen LogP contribution in [0, 0.1) is 0 Å². The lowest BCUT2D eigenvalue weighted by Gasteiger charge is -2.20. The molecule has 0 atom stereocenters. The lowest BCUT2D eigenvalue weighted by Crippen LogP contribution is -2.29. The quantitative estimate of drug-likeness (QED) is 0.351. The zero-order chi connectivity index (χ0) is 22.4. The molecule has 1 aromatic carbocycles. The molecular weight excluding hydrogens is 455 g/mol. The second-order valence-corrected chi connectivity index (χ2v) is 7.62. The molecule has 0 radical (unpaired) electrons. The molecule has 0 unspecified atom stereocenters. The molecule has 3 rings (SSSR count). The molecule has 0 amide bonds. The summed E-state index contributed by atoms with van der Waals surface area (Å²) in [5.41, 5.74) is 8.72. The maximum absolute atomic E-state index is 13.0. The number of nitrogens with one attached hydrogen (secondary N) is 1. The van der Waals surface area contributed by atoms with E-state index in [9.17, 15) is 13.2 Å². The number of thiazole rings is 1. The van der Waals surface area contributed by atoms with Gasteiger partial charge in [0.25, 0.3) is 0 Å². The van der Waals surface area contributed by atoms with Gasteiger partial charge in [-0.05, 0) is 37.3 Å². The third-order valence-corrected chi connectivity index (χ3v) is 4.88. The summed E-state index contributed by atoms with van der Waals surface area (Å²) in [6.07, 6.45) is 1.69. The summed E-state index contributed by atoms with van der Waals surface area (Å²) in [5, 5.41) is 5.42. The van der Waals surface area contributed by atoms with Crippen molar-refractivity contribution in [2.45, 2.75) is 13.1 Å². The van der Waals surface area contributed by atoms with Gasteiger partial charge in [-0.2, -0.15) is 18.3 Å². The molecule has 0 aliphatic carbocycles. The number of amidine groups is 1. The number of hydrogen-bond acceptors (Lipinski definition) is 7. The van der Waals surface area contributed by atoms with E-state index in [1.165, 1.54) is 11.4 Å². The van der Waals surface area contributed by atoms with Gasteiger partial charge < -0.3 is 15.2 Å². The maximum Gasteiger partial charge on any atom is 0.435 e. The van der Waals surface area contributed by atoms with E-state index in [4.69, 9.17) is 26.8 Å². The highest BCUT2D eigenvalue weighted by molar-refractivity contribution is 7.19. The van der Waals surface area contributed by atoms with Crippen LogP contribution < -0.4 is 16.3 Å². The topological polar surface area (TPSA) is 85.0 Å². The van der Waals surface area contributed by atoms with Gasteiger partial charge in [0, 0.05) is 5.57 Å². The first kappa shape index (κ1) is 22.5. The van der Waals surface area contributed by atoms with Gasteiger partial charge >= 0.3 is 6.18 Å². The molecule has 0 fully saturated rings. The largest absolute Gasteiger partial charge is 0.465 e. The number of para-hydroxylation sites is 1. The predicted molar refractivity (Wildman–Crippen MR) is 114 cm³/mol. The Kier molecular flexibility index (Phi) is 7.08. The molecule has 12 heteroatoms. The fourth-order valence-corrected chi connectivity index (χ4v) is 3.40. The van der Waals surface area contributed by atoms with Crippen LogP contribution >= 0.6 is 22.9 Å². The Morgan fingerprint density at radius 1 is 1.32 bits per heavy atom. The highest BCUT2D eigenvalue weighted by Crippen LogP contribution is 2.39. The van der Waals surface area contributed by atoms with Crippen molar-refractivity contribution in [1.82, 2.24) is 4.98 Å².